The van der Waals surface area contributed by atoms with E-state index >= 15 is 0 Å². The molecule has 0 spiro atoms. The van der Waals surface area contributed by atoms with Crippen molar-refractivity contribution in [2.45, 2.75) is 51.1 Å². The van der Waals surface area contributed by atoms with Crippen LogP contribution in [-0.2, 0) is 16.0 Å². The summed E-state index contributed by atoms with van der Waals surface area (Å²) in [6.07, 6.45) is 4.31. The summed E-state index contributed by atoms with van der Waals surface area (Å²) in [7, 11) is 3.14. The highest BCUT2D eigenvalue weighted by atomic mass is 32.1. The minimum absolute atomic E-state index is 0.126. The van der Waals surface area contributed by atoms with E-state index in [1.807, 2.05) is 48.7 Å². The maximum atomic E-state index is 14.0. The number of rotatable bonds is 9. The van der Waals surface area contributed by atoms with Gasteiger partial charge in [-0.1, -0.05) is 43.2 Å². The molecule has 7 heteroatoms. The van der Waals surface area contributed by atoms with Crippen molar-refractivity contribution in [2.75, 3.05) is 19.1 Å². The lowest BCUT2D eigenvalue weighted by Crippen LogP contribution is -2.47. The van der Waals surface area contributed by atoms with Crippen molar-refractivity contribution in [3.8, 4) is 11.5 Å². The third kappa shape index (κ3) is 5.68. The molecule has 2 amide bonds. The van der Waals surface area contributed by atoms with Crippen molar-refractivity contribution in [1.29, 1.82) is 0 Å². The Morgan fingerprint density at radius 1 is 1.06 bits per heavy atom. The van der Waals surface area contributed by atoms with E-state index in [-0.39, 0.29) is 24.3 Å². The van der Waals surface area contributed by atoms with Gasteiger partial charge in [-0.25, -0.2) is 0 Å². The van der Waals surface area contributed by atoms with E-state index in [2.05, 4.69) is 5.32 Å². The number of methoxy groups -OCH3 is 2. The fourth-order valence-corrected chi connectivity index (χ4v) is 5.39. The zero-order valence-electron chi connectivity index (χ0n) is 20.5. The number of aryl methyl sites for hydroxylation is 1. The number of hydrogen-bond acceptors (Lipinski definition) is 5. The van der Waals surface area contributed by atoms with Gasteiger partial charge in [0.05, 0.1) is 26.3 Å². The van der Waals surface area contributed by atoms with E-state index in [0.29, 0.717) is 17.2 Å². The lowest BCUT2D eigenvalue weighted by atomic mass is 9.97. The predicted molar refractivity (Wildman–Crippen MR) is 139 cm³/mol. The molecular formula is C28H32N2O4S. The second-order valence-electron chi connectivity index (χ2n) is 8.81. The van der Waals surface area contributed by atoms with Gasteiger partial charge in [0.2, 0.25) is 11.8 Å². The molecule has 0 aliphatic heterocycles. The van der Waals surface area contributed by atoms with Gasteiger partial charge in [0.1, 0.15) is 17.5 Å². The Balaban J connectivity index is 1.84. The molecule has 6 nitrogen and oxygen atoms in total. The molecule has 1 N–H and O–H groups in total. The van der Waals surface area contributed by atoms with Gasteiger partial charge >= 0.3 is 0 Å². The molecule has 35 heavy (non-hydrogen) atoms. The minimum atomic E-state index is -0.841. The molecule has 1 aromatic heterocycles. The Bertz CT molecular complexity index is 1160. The summed E-state index contributed by atoms with van der Waals surface area (Å²) in [5.74, 6) is 0.726. The Morgan fingerprint density at radius 3 is 2.49 bits per heavy atom. The molecule has 2 aromatic carbocycles. The van der Waals surface area contributed by atoms with Crippen molar-refractivity contribution in [2.24, 2.45) is 0 Å². The third-order valence-corrected chi connectivity index (χ3v) is 7.39. The van der Waals surface area contributed by atoms with Crippen LogP contribution in [0.1, 0.15) is 47.7 Å². The lowest BCUT2D eigenvalue weighted by Gasteiger charge is -2.34. The van der Waals surface area contributed by atoms with E-state index in [1.165, 1.54) is 11.3 Å². The number of nitrogens with zero attached hydrogens (tertiary/aromatic N) is 1. The standard InChI is InChI=1S/C28H32N2O4S/c1-19-9-4-7-13-23(19)27(28(32)29-20-10-5-6-11-20)30(26(31)18-22-12-8-16-35-22)24-15-14-21(33-2)17-25(24)34-3/h4,7-9,12-17,20,27H,5-6,10-11,18H2,1-3H3,(H,29,32). The SMILES string of the molecule is COc1ccc(N(C(=O)Cc2cccs2)C(C(=O)NC2CCCC2)c2ccccc2C)c(OC)c1. The Hall–Kier alpha value is -3.32. The van der Waals surface area contributed by atoms with Gasteiger partial charge in [-0.3, -0.25) is 14.5 Å². The molecule has 184 valence electrons. The van der Waals surface area contributed by atoms with Crippen molar-refractivity contribution in [3.05, 3.63) is 76.0 Å². The first-order valence-electron chi connectivity index (χ1n) is 11.9. The van der Waals surface area contributed by atoms with Crippen LogP contribution in [0.2, 0.25) is 0 Å². The van der Waals surface area contributed by atoms with Crippen LogP contribution in [0.25, 0.3) is 0 Å². The second kappa shape index (κ2) is 11.4. The fourth-order valence-electron chi connectivity index (χ4n) is 4.69. The number of nitrogens with one attached hydrogen (secondary N) is 1. The largest absolute Gasteiger partial charge is 0.497 e. The van der Waals surface area contributed by atoms with E-state index in [9.17, 15) is 9.59 Å². The molecule has 1 fully saturated rings. The second-order valence-corrected chi connectivity index (χ2v) is 9.84. The molecular weight excluding hydrogens is 460 g/mol. The van der Waals surface area contributed by atoms with Gasteiger partial charge < -0.3 is 14.8 Å². The molecule has 0 saturated heterocycles. The number of thiophene rings is 1. The molecule has 0 bridgehead atoms. The average molecular weight is 493 g/mol. The summed E-state index contributed by atoms with van der Waals surface area (Å²) in [6.45, 7) is 1.97. The Kier molecular flexibility index (Phi) is 8.08. The number of amides is 2. The van der Waals surface area contributed by atoms with E-state index in [4.69, 9.17) is 9.47 Å². The number of carbonyl (C=O) groups excluding carboxylic acids is 2. The van der Waals surface area contributed by atoms with E-state index in [1.54, 1.807) is 37.3 Å². The highest BCUT2D eigenvalue weighted by Crippen LogP contribution is 2.39. The van der Waals surface area contributed by atoms with Crippen molar-refractivity contribution >= 4 is 28.8 Å². The number of carbonyl (C=O) groups is 2. The van der Waals surface area contributed by atoms with Gasteiger partial charge in [0.25, 0.3) is 0 Å². The number of benzene rings is 2. The van der Waals surface area contributed by atoms with Crippen molar-refractivity contribution < 1.29 is 19.1 Å². The van der Waals surface area contributed by atoms with Gasteiger partial charge in [-0.05, 0) is 54.5 Å². The van der Waals surface area contributed by atoms with Crippen LogP contribution >= 0.6 is 11.3 Å². The average Bonchev–Trinajstić information content (AvgIpc) is 3.57. The van der Waals surface area contributed by atoms with E-state index in [0.717, 1.165) is 41.7 Å². The quantitative estimate of drug-likeness (QED) is 0.431. The van der Waals surface area contributed by atoms with Crippen LogP contribution in [0.3, 0.4) is 0 Å². The summed E-state index contributed by atoms with van der Waals surface area (Å²) in [5.41, 5.74) is 2.27. The van der Waals surface area contributed by atoms with Crippen LogP contribution in [0, 0.1) is 6.92 Å². The van der Waals surface area contributed by atoms with E-state index < -0.39 is 6.04 Å². The van der Waals surface area contributed by atoms with Crippen LogP contribution in [0.15, 0.2) is 60.0 Å². The molecule has 1 aliphatic carbocycles. The van der Waals surface area contributed by atoms with Crippen molar-refractivity contribution in [3.63, 3.8) is 0 Å². The van der Waals surface area contributed by atoms with Gasteiger partial charge in [-0.15, -0.1) is 11.3 Å². The maximum Gasteiger partial charge on any atom is 0.248 e. The lowest BCUT2D eigenvalue weighted by molar-refractivity contribution is -0.127. The zero-order valence-corrected chi connectivity index (χ0v) is 21.3. The summed E-state index contributed by atoms with van der Waals surface area (Å²) < 4.78 is 11.1. The molecule has 4 rings (SSSR count). The van der Waals surface area contributed by atoms with Crippen molar-refractivity contribution in [1.82, 2.24) is 5.32 Å². The summed E-state index contributed by atoms with van der Waals surface area (Å²) in [6, 6.07) is 16.2. The smallest absolute Gasteiger partial charge is 0.248 e. The maximum absolute atomic E-state index is 14.0. The first-order valence-corrected chi connectivity index (χ1v) is 12.8. The first kappa shape index (κ1) is 24.8. The Morgan fingerprint density at radius 2 is 1.83 bits per heavy atom. The molecule has 3 aromatic rings. The van der Waals surface area contributed by atoms with Crippen LogP contribution in [-0.4, -0.2) is 32.1 Å². The topological polar surface area (TPSA) is 67.9 Å². The molecule has 0 radical (unpaired) electrons. The monoisotopic (exact) mass is 492 g/mol. The molecule has 1 atom stereocenters. The summed E-state index contributed by atoms with van der Waals surface area (Å²) in [4.78, 5) is 30.4. The zero-order chi connectivity index (χ0) is 24.8. The van der Waals surface area contributed by atoms with Gasteiger partial charge in [0, 0.05) is 17.0 Å². The van der Waals surface area contributed by atoms with Gasteiger partial charge in [-0.2, -0.15) is 0 Å². The highest BCUT2D eigenvalue weighted by molar-refractivity contribution is 7.10. The highest BCUT2D eigenvalue weighted by Gasteiger charge is 2.36. The number of ether oxygens (including phenoxy) is 2. The summed E-state index contributed by atoms with van der Waals surface area (Å²) in [5, 5.41) is 5.18. The number of anilines is 1. The molecule has 1 aliphatic rings. The predicted octanol–water partition coefficient (Wildman–Crippen LogP) is 5.45. The Labute approximate surface area is 210 Å². The third-order valence-electron chi connectivity index (χ3n) is 6.51. The number of hydrogen-bond donors (Lipinski definition) is 1. The van der Waals surface area contributed by atoms with Crippen LogP contribution in [0.5, 0.6) is 11.5 Å². The van der Waals surface area contributed by atoms with Crippen LogP contribution < -0.4 is 19.7 Å². The first-order chi connectivity index (χ1) is 17.0. The molecule has 1 saturated carbocycles. The molecule has 1 heterocycles. The van der Waals surface area contributed by atoms with Gasteiger partial charge in [0.15, 0.2) is 0 Å². The summed E-state index contributed by atoms with van der Waals surface area (Å²) >= 11 is 1.53. The fraction of sp³-hybridized carbons (Fsp3) is 0.357. The minimum Gasteiger partial charge on any atom is -0.497 e. The molecule has 1 unspecified atom stereocenters. The normalized spacial score (nSPS) is 14.4. The van der Waals surface area contributed by atoms with Crippen LogP contribution in [0.4, 0.5) is 5.69 Å².